The smallest absolute Gasteiger partial charge is 0.105 e. The summed E-state index contributed by atoms with van der Waals surface area (Å²) in [5.74, 6) is 0. The molecule has 0 aliphatic carbocycles. The molecule has 3 aromatic rings. The first-order chi connectivity index (χ1) is 13.8. The summed E-state index contributed by atoms with van der Waals surface area (Å²) < 4.78 is 1.09. The Morgan fingerprint density at radius 2 is 0.897 bits per heavy atom. The van der Waals surface area contributed by atoms with E-state index in [1.54, 1.807) is 0 Å². The van der Waals surface area contributed by atoms with Crippen molar-refractivity contribution in [1.29, 1.82) is 0 Å². The molecule has 29 heavy (non-hydrogen) atoms. The van der Waals surface area contributed by atoms with Gasteiger partial charge in [-0.2, -0.15) is 0 Å². The molecular weight excluding hydrogens is 465 g/mol. The number of quaternary nitrogens is 1. The molecule has 0 saturated carbocycles. The standard InChI is InChI=1S/C27H34N.HI/c1-2-3-4-14-21-28(22-25-15-8-5-9-16-25,23-26-17-10-6-11-18-26)24-27-19-12-7-13-20-27;/h5-13,15-20H,2-4,14,21-24H2,1H3;1H/q+1;/p-1. The van der Waals surface area contributed by atoms with Crippen molar-refractivity contribution in [3.05, 3.63) is 108 Å². The second kappa shape index (κ2) is 12.8. The predicted molar refractivity (Wildman–Crippen MR) is 120 cm³/mol. The molecule has 0 N–H and O–H groups in total. The van der Waals surface area contributed by atoms with Gasteiger partial charge in [-0.05, 0) is 12.8 Å². The Morgan fingerprint density at radius 3 is 1.24 bits per heavy atom. The monoisotopic (exact) mass is 499 g/mol. The van der Waals surface area contributed by atoms with Crippen LogP contribution in [-0.2, 0) is 19.6 Å². The maximum Gasteiger partial charge on any atom is 0.105 e. The van der Waals surface area contributed by atoms with Gasteiger partial charge in [0.2, 0.25) is 0 Å². The lowest BCUT2D eigenvalue weighted by molar-refractivity contribution is -0.966. The van der Waals surface area contributed by atoms with Crippen LogP contribution >= 0.6 is 0 Å². The number of rotatable bonds is 11. The van der Waals surface area contributed by atoms with Gasteiger partial charge in [0.05, 0.1) is 6.54 Å². The van der Waals surface area contributed by atoms with Gasteiger partial charge >= 0.3 is 0 Å². The Kier molecular flexibility index (Phi) is 10.4. The van der Waals surface area contributed by atoms with E-state index in [-0.39, 0.29) is 24.0 Å². The fourth-order valence-corrected chi connectivity index (χ4v) is 4.19. The third kappa shape index (κ3) is 7.94. The largest absolute Gasteiger partial charge is 1.00 e. The van der Waals surface area contributed by atoms with Gasteiger partial charge in [0.25, 0.3) is 0 Å². The maximum absolute atomic E-state index is 2.29. The van der Waals surface area contributed by atoms with Crippen molar-refractivity contribution in [1.82, 2.24) is 0 Å². The van der Waals surface area contributed by atoms with Crippen LogP contribution in [0.3, 0.4) is 0 Å². The van der Waals surface area contributed by atoms with Crippen molar-refractivity contribution in [3.8, 4) is 0 Å². The average Bonchev–Trinajstić information content (AvgIpc) is 2.73. The average molecular weight is 499 g/mol. The third-order valence-electron chi connectivity index (χ3n) is 5.57. The molecule has 3 rings (SSSR count). The molecule has 0 aliphatic rings. The number of benzene rings is 3. The van der Waals surface area contributed by atoms with Gasteiger partial charge in [-0.25, -0.2) is 0 Å². The summed E-state index contributed by atoms with van der Waals surface area (Å²) in [6.45, 7) is 6.75. The van der Waals surface area contributed by atoms with Gasteiger partial charge in [0.15, 0.2) is 0 Å². The Balaban J connectivity index is 0.00000300. The van der Waals surface area contributed by atoms with Gasteiger partial charge in [-0.1, -0.05) is 111 Å². The molecule has 2 heteroatoms. The lowest BCUT2D eigenvalue weighted by atomic mass is 10.1. The lowest BCUT2D eigenvalue weighted by Crippen LogP contribution is -3.00. The van der Waals surface area contributed by atoms with Crippen molar-refractivity contribution in [2.75, 3.05) is 6.54 Å². The van der Waals surface area contributed by atoms with Gasteiger partial charge in [-0.15, -0.1) is 0 Å². The van der Waals surface area contributed by atoms with Crippen LogP contribution in [0.1, 0.15) is 49.3 Å². The fourth-order valence-electron chi connectivity index (χ4n) is 4.19. The van der Waals surface area contributed by atoms with Crippen LogP contribution in [0.4, 0.5) is 0 Å². The third-order valence-corrected chi connectivity index (χ3v) is 5.57. The van der Waals surface area contributed by atoms with E-state index in [0.29, 0.717) is 0 Å². The molecule has 1 nitrogen and oxygen atoms in total. The fraction of sp³-hybridized carbons (Fsp3) is 0.333. The summed E-state index contributed by atoms with van der Waals surface area (Å²) in [5.41, 5.74) is 4.31. The molecule has 0 fully saturated rings. The molecule has 0 spiro atoms. The van der Waals surface area contributed by atoms with Gasteiger partial charge in [0, 0.05) is 16.7 Å². The molecule has 0 saturated heterocycles. The highest BCUT2D eigenvalue weighted by molar-refractivity contribution is 5.17. The number of hydrogen-bond acceptors (Lipinski definition) is 0. The Labute approximate surface area is 194 Å². The zero-order valence-electron chi connectivity index (χ0n) is 17.6. The van der Waals surface area contributed by atoms with Crippen LogP contribution in [0.25, 0.3) is 0 Å². The first-order valence-corrected chi connectivity index (χ1v) is 10.8. The topological polar surface area (TPSA) is 0 Å². The van der Waals surface area contributed by atoms with Crippen molar-refractivity contribution >= 4 is 0 Å². The highest BCUT2D eigenvalue weighted by Crippen LogP contribution is 2.25. The number of nitrogens with zero attached hydrogens (tertiary/aromatic N) is 1. The van der Waals surface area contributed by atoms with Crippen LogP contribution in [0, 0.1) is 0 Å². The minimum atomic E-state index is 0. The Bertz CT molecular complexity index is 685. The summed E-state index contributed by atoms with van der Waals surface area (Å²) in [5, 5.41) is 0. The van der Waals surface area contributed by atoms with Crippen LogP contribution in [0.15, 0.2) is 91.0 Å². The molecule has 3 aromatic carbocycles. The zero-order chi connectivity index (χ0) is 19.5. The number of halogens is 1. The van der Waals surface area contributed by atoms with E-state index in [1.165, 1.54) is 48.9 Å². The van der Waals surface area contributed by atoms with Crippen molar-refractivity contribution in [2.24, 2.45) is 0 Å². The first kappa shape index (κ1) is 23.6. The van der Waals surface area contributed by atoms with E-state index in [4.69, 9.17) is 0 Å². The minimum absolute atomic E-state index is 0. The van der Waals surface area contributed by atoms with E-state index < -0.39 is 0 Å². The summed E-state index contributed by atoms with van der Waals surface area (Å²) in [6, 6.07) is 33.1. The highest BCUT2D eigenvalue weighted by Gasteiger charge is 2.28. The summed E-state index contributed by atoms with van der Waals surface area (Å²) >= 11 is 0. The van der Waals surface area contributed by atoms with Crippen LogP contribution < -0.4 is 24.0 Å². The van der Waals surface area contributed by atoms with Crippen molar-refractivity contribution in [2.45, 2.75) is 52.2 Å². The molecule has 0 unspecified atom stereocenters. The van der Waals surface area contributed by atoms with E-state index in [1.807, 2.05) is 0 Å². The zero-order valence-corrected chi connectivity index (χ0v) is 19.8. The summed E-state index contributed by atoms with van der Waals surface area (Å²) in [6.07, 6.45) is 5.24. The number of hydrogen-bond donors (Lipinski definition) is 0. The normalized spacial score (nSPS) is 11.1. The second-order valence-corrected chi connectivity index (χ2v) is 8.06. The van der Waals surface area contributed by atoms with Gasteiger partial charge in [0.1, 0.15) is 19.6 Å². The van der Waals surface area contributed by atoms with E-state index in [0.717, 1.165) is 24.1 Å². The predicted octanol–water partition coefficient (Wildman–Crippen LogP) is 3.99. The van der Waals surface area contributed by atoms with Crippen LogP contribution in [0.5, 0.6) is 0 Å². The van der Waals surface area contributed by atoms with Crippen LogP contribution in [-0.4, -0.2) is 11.0 Å². The highest BCUT2D eigenvalue weighted by atomic mass is 127. The lowest BCUT2D eigenvalue weighted by Gasteiger charge is -2.39. The molecular formula is C27H34IN. The second-order valence-electron chi connectivity index (χ2n) is 8.06. The first-order valence-electron chi connectivity index (χ1n) is 10.8. The van der Waals surface area contributed by atoms with E-state index in [9.17, 15) is 0 Å². The molecule has 0 amide bonds. The molecule has 0 atom stereocenters. The van der Waals surface area contributed by atoms with Gasteiger partial charge in [-0.3, -0.25) is 0 Å². The van der Waals surface area contributed by atoms with Gasteiger partial charge < -0.3 is 28.5 Å². The maximum atomic E-state index is 2.29. The van der Waals surface area contributed by atoms with Crippen LogP contribution in [0.2, 0.25) is 0 Å². The Morgan fingerprint density at radius 1 is 0.517 bits per heavy atom. The molecule has 0 heterocycles. The SMILES string of the molecule is CCCCCC[N+](Cc1ccccc1)(Cc1ccccc1)Cc1ccccc1.[I-]. The molecule has 0 radical (unpaired) electrons. The molecule has 154 valence electrons. The summed E-state index contributed by atoms with van der Waals surface area (Å²) in [7, 11) is 0. The quantitative estimate of drug-likeness (QED) is 0.213. The molecule has 0 aliphatic heterocycles. The van der Waals surface area contributed by atoms with Crippen molar-refractivity contribution in [3.63, 3.8) is 0 Å². The molecule has 0 aromatic heterocycles. The number of unbranched alkanes of at least 4 members (excludes halogenated alkanes) is 3. The van der Waals surface area contributed by atoms with Crippen molar-refractivity contribution < 1.29 is 28.5 Å². The van der Waals surface area contributed by atoms with E-state index in [2.05, 4.69) is 97.9 Å². The summed E-state index contributed by atoms with van der Waals surface area (Å²) in [4.78, 5) is 0. The van der Waals surface area contributed by atoms with E-state index >= 15 is 0 Å². The molecule has 0 bridgehead atoms. The minimum Gasteiger partial charge on any atom is -1.00 e. The Hall–Kier alpha value is -1.65.